The number of hydrogen-bond donors (Lipinski definition) is 1. The number of ether oxygens (including phenoxy) is 2. The lowest BCUT2D eigenvalue weighted by Crippen LogP contribution is -2.46. The van der Waals surface area contributed by atoms with Crippen LogP contribution in [0.5, 0.6) is 5.75 Å². The van der Waals surface area contributed by atoms with Crippen LogP contribution in [0.4, 0.5) is 0 Å². The average Bonchev–Trinajstić information content (AvgIpc) is 3.28. The minimum Gasteiger partial charge on any atom is -0.487 e. The molecule has 194 valence electrons. The predicted molar refractivity (Wildman–Crippen MR) is 143 cm³/mol. The maximum absolute atomic E-state index is 12.0. The second-order valence-electron chi connectivity index (χ2n) is 10.9. The number of furan rings is 1. The molecule has 1 fully saturated rings. The van der Waals surface area contributed by atoms with Gasteiger partial charge in [-0.1, -0.05) is 39.0 Å². The molecule has 3 unspecified atom stereocenters. The number of fused-ring (bicyclic) bond motifs is 1. The van der Waals surface area contributed by atoms with E-state index in [2.05, 4.69) is 58.0 Å². The lowest BCUT2D eigenvalue weighted by molar-refractivity contribution is -0.0691. The van der Waals surface area contributed by atoms with Crippen LogP contribution in [-0.2, 0) is 11.2 Å². The van der Waals surface area contributed by atoms with Gasteiger partial charge in [0, 0.05) is 5.39 Å². The molecule has 4 rings (SSSR count). The molecule has 1 aliphatic rings. The van der Waals surface area contributed by atoms with Crippen molar-refractivity contribution in [2.24, 2.45) is 5.41 Å². The first-order valence-electron chi connectivity index (χ1n) is 13.4. The number of carbonyl (C=O) groups is 1. The summed E-state index contributed by atoms with van der Waals surface area (Å²) in [5, 5.41) is 11.7. The van der Waals surface area contributed by atoms with E-state index in [0.29, 0.717) is 18.1 Å². The molecule has 0 radical (unpaired) electrons. The number of hydrogen-bond acceptors (Lipinski definition) is 5. The minimum absolute atomic E-state index is 0.105. The minimum atomic E-state index is -0.448. The van der Waals surface area contributed by atoms with Crippen molar-refractivity contribution in [1.82, 2.24) is 0 Å². The third-order valence-corrected chi connectivity index (χ3v) is 7.74. The zero-order valence-corrected chi connectivity index (χ0v) is 22.3. The standard InChI is InChI=1S/C31H40O5/c1-6-22(23-13-15-26-24(18-23)19-28(36-26)30(33)34-7-2)12-10-21-11-14-25(20(3)17-21)35-27-9-8-16-31(4,5)29(27)32/h11,13-15,17-19,22,27,29,32H,6-10,12,16H2,1-5H3. The molecule has 3 aromatic rings. The molecule has 1 N–H and O–H groups in total. The van der Waals surface area contributed by atoms with Crippen molar-refractivity contribution in [3.05, 3.63) is 64.9 Å². The highest BCUT2D eigenvalue weighted by atomic mass is 16.5. The quantitative estimate of drug-likeness (QED) is 0.316. The number of esters is 1. The Morgan fingerprint density at radius 3 is 2.69 bits per heavy atom. The number of aryl methyl sites for hydroxylation is 2. The Hall–Kier alpha value is -2.79. The van der Waals surface area contributed by atoms with Gasteiger partial charge in [0.05, 0.1) is 12.7 Å². The predicted octanol–water partition coefficient (Wildman–Crippen LogP) is 7.36. The molecule has 0 aliphatic heterocycles. The number of rotatable bonds is 9. The number of carbonyl (C=O) groups excluding carboxylic acids is 1. The zero-order valence-electron chi connectivity index (χ0n) is 22.3. The first-order valence-corrected chi connectivity index (χ1v) is 13.4. The molecule has 36 heavy (non-hydrogen) atoms. The lowest BCUT2D eigenvalue weighted by Gasteiger charge is -2.40. The van der Waals surface area contributed by atoms with Gasteiger partial charge in [-0.25, -0.2) is 4.79 Å². The van der Waals surface area contributed by atoms with E-state index < -0.39 is 12.1 Å². The topological polar surface area (TPSA) is 68.9 Å². The van der Waals surface area contributed by atoms with E-state index in [4.69, 9.17) is 13.9 Å². The Morgan fingerprint density at radius 1 is 1.17 bits per heavy atom. The summed E-state index contributed by atoms with van der Waals surface area (Å²) in [7, 11) is 0. The van der Waals surface area contributed by atoms with Crippen LogP contribution in [0.1, 0.15) is 93.0 Å². The van der Waals surface area contributed by atoms with Gasteiger partial charge in [0.15, 0.2) is 0 Å². The molecule has 1 aromatic heterocycles. The van der Waals surface area contributed by atoms with Gasteiger partial charge in [-0.15, -0.1) is 0 Å². The molecule has 5 nitrogen and oxygen atoms in total. The van der Waals surface area contributed by atoms with E-state index >= 15 is 0 Å². The summed E-state index contributed by atoms with van der Waals surface area (Å²) in [6.07, 6.45) is 5.44. The Labute approximate surface area is 214 Å². The molecule has 3 atom stereocenters. The van der Waals surface area contributed by atoms with E-state index in [1.165, 1.54) is 11.1 Å². The molecule has 1 heterocycles. The van der Waals surface area contributed by atoms with Crippen LogP contribution >= 0.6 is 0 Å². The van der Waals surface area contributed by atoms with Crippen LogP contribution < -0.4 is 4.74 Å². The highest BCUT2D eigenvalue weighted by Gasteiger charge is 2.39. The highest BCUT2D eigenvalue weighted by molar-refractivity contribution is 5.92. The number of benzene rings is 2. The van der Waals surface area contributed by atoms with Crippen molar-refractivity contribution >= 4 is 16.9 Å². The van der Waals surface area contributed by atoms with Crippen molar-refractivity contribution in [3.8, 4) is 5.75 Å². The van der Waals surface area contributed by atoms with Crippen LogP contribution in [-0.4, -0.2) is 29.9 Å². The SMILES string of the molecule is CCOC(=O)c1cc2cc(C(CC)CCc3ccc(OC4CCCC(C)(C)C4O)c(C)c3)ccc2o1. The smallest absolute Gasteiger partial charge is 0.374 e. The van der Waals surface area contributed by atoms with Gasteiger partial charge in [0.25, 0.3) is 0 Å². The third kappa shape index (κ3) is 5.78. The molecular weight excluding hydrogens is 452 g/mol. The Bertz CT molecular complexity index is 1190. The van der Waals surface area contributed by atoms with E-state index in [1.54, 1.807) is 13.0 Å². The third-order valence-electron chi connectivity index (χ3n) is 7.74. The maximum atomic E-state index is 12.0. The van der Waals surface area contributed by atoms with E-state index in [0.717, 1.165) is 55.2 Å². The maximum Gasteiger partial charge on any atom is 0.374 e. The summed E-state index contributed by atoms with van der Waals surface area (Å²) in [5.74, 6) is 1.10. The van der Waals surface area contributed by atoms with Crippen molar-refractivity contribution in [3.63, 3.8) is 0 Å². The molecule has 0 spiro atoms. The Morgan fingerprint density at radius 2 is 1.97 bits per heavy atom. The fourth-order valence-corrected chi connectivity index (χ4v) is 5.42. The van der Waals surface area contributed by atoms with Crippen molar-refractivity contribution in [2.45, 2.75) is 91.3 Å². The van der Waals surface area contributed by atoms with Crippen molar-refractivity contribution in [2.75, 3.05) is 6.61 Å². The second kappa shape index (κ2) is 11.1. The summed E-state index contributed by atoms with van der Waals surface area (Å²) in [5.41, 5.74) is 4.26. The molecule has 5 heteroatoms. The Kier molecular flexibility index (Phi) is 8.09. The van der Waals surface area contributed by atoms with Crippen LogP contribution in [0.15, 0.2) is 46.9 Å². The first kappa shape index (κ1) is 26.3. The number of aliphatic hydroxyl groups is 1. The van der Waals surface area contributed by atoms with Gasteiger partial charge < -0.3 is 19.0 Å². The molecule has 1 saturated carbocycles. The van der Waals surface area contributed by atoms with Crippen molar-refractivity contribution < 1.29 is 23.8 Å². The summed E-state index contributed by atoms with van der Waals surface area (Å²) in [6.45, 7) is 10.7. The summed E-state index contributed by atoms with van der Waals surface area (Å²) in [6, 6.07) is 14.4. The molecule has 0 bridgehead atoms. The summed E-state index contributed by atoms with van der Waals surface area (Å²) >= 11 is 0. The lowest BCUT2D eigenvalue weighted by atomic mass is 9.73. The van der Waals surface area contributed by atoms with Gasteiger partial charge in [0.1, 0.15) is 17.4 Å². The molecule has 1 aliphatic carbocycles. The van der Waals surface area contributed by atoms with Gasteiger partial charge in [0.2, 0.25) is 5.76 Å². The molecular formula is C31H40O5. The van der Waals surface area contributed by atoms with Crippen LogP contribution in [0, 0.1) is 12.3 Å². The Balaban J connectivity index is 1.41. The fraction of sp³-hybridized carbons (Fsp3) is 0.516. The van der Waals surface area contributed by atoms with Crippen LogP contribution in [0.3, 0.4) is 0 Å². The van der Waals surface area contributed by atoms with Crippen LogP contribution in [0.25, 0.3) is 11.0 Å². The first-order chi connectivity index (χ1) is 17.2. The molecule has 0 amide bonds. The summed E-state index contributed by atoms with van der Waals surface area (Å²) < 4.78 is 17.0. The average molecular weight is 493 g/mol. The fourth-order valence-electron chi connectivity index (χ4n) is 5.42. The monoisotopic (exact) mass is 492 g/mol. The van der Waals surface area contributed by atoms with Gasteiger partial charge in [-0.3, -0.25) is 0 Å². The van der Waals surface area contributed by atoms with E-state index in [1.807, 2.05) is 6.07 Å². The van der Waals surface area contributed by atoms with Gasteiger partial charge in [-0.05, 0) is 105 Å². The zero-order chi connectivity index (χ0) is 25.9. The summed E-state index contributed by atoms with van der Waals surface area (Å²) in [4.78, 5) is 12.0. The van der Waals surface area contributed by atoms with Crippen molar-refractivity contribution in [1.29, 1.82) is 0 Å². The van der Waals surface area contributed by atoms with Crippen LogP contribution in [0.2, 0.25) is 0 Å². The number of aliphatic hydroxyl groups excluding tert-OH is 1. The largest absolute Gasteiger partial charge is 0.487 e. The molecule has 0 saturated heterocycles. The second-order valence-corrected chi connectivity index (χ2v) is 10.9. The highest BCUT2D eigenvalue weighted by Crippen LogP contribution is 2.38. The van der Waals surface area contributed by atoms with E-state index in [9.17, 15) is 9.90 Å². The normalized spacial score (nSPS) is 20.3. The van der Waals surface area contributed by atoms with E-state index in [-0.39, 0.29) is 17.3 Å². The van der Waals surface area contributed by atoms with Gasteiger partial charge in [-0.2, -0.15) is 0 Å². The molecule has 2 aromatic carbocycles. The van der Waals surface area contributed by atoms with Gasteiger partial charge >= 0.3 is 5.97 Å².